The van der Waals surface area contributed by atoms with Crippen molar-refractivity contribution in [2.45, 2.75) is 13.8 Å². The molecule has 3 aromatic rings. The Hall–Kier alpha value is -2.62. The fourth-order valence-electron chi connectivity index (χ4n) is 2.59. The molecule has 4 nitrogen and oxygen atoms in total. The summed E-state index contributed by atoms with van der Waals surface area (Å²) in [6.07, 6.45) is 5.57. The highest BCUT2D eigenvalue weighted by Crippen LogP contribution is 2.37. The summed E-state index contributed by atoms with van der Waals surface area (Å²) in [5, 5.41) is 6.93. The van der Waals surface area contributed by atoms with Gasteiger partial charge in [-0.2, -0.15) is 5.10 Å². The van der Waals surface area contributed by atoms with Crippen LogP contribution in [0.25, 0.3) is 22.3 Å². The van der Waals surface area contributed by atoms with E-state index in [1.165, 1.54) is 5.56 Å². The third-order valence-electron chi connectivity index (χ3n) is 3.59. The second-order valence-corrected chi connectivity index (χ2v) is 5.04. The maximum Gasteiger partial charge on any atom is 0.216 e. The quantitative estimate of drug-likeness (QED) is 0.794. The van der Waals surface area contributed by atoms with Gasteiger partial charge < -0.3 is 4.74 Å². The van der Waals surface area contributed by atoms with Crippen LogP contribution in [0.15, 0.2) is 42.9 Å². The number of ether oxygens (including phenoxy) is 1. The average Bonchev–Trinajstić information content (AvgIpc) is 3.00. The van der Waals surface area contributed by atoms with Gasteiger partial charge in [0.05, 0.1) is 13.3 Å². The van der Waals surface area contributed by atoms with Crippen molar-refractivity contribution in [2.24, 2.45) is 0 Å². The molecule has 2 aromatic heterocycles. The number of aryl methyl sites for hydroxylation is 1. The smallest absolute Gasteiger partial charge is 0.216 e. The molecule has 0 radical (unpaired) electrons. The Balaban J connectivity index is 2.28. The van der Waals surface area contributed by atoms with Gasteiger partial charge in [0.15, 0.2) is 0 Å². The zero-order valence-electron chi connectivity index (χ0n) is 12.3. The van der Waals surface area contributed by atoms with Crippen molar-refractivity contribution in [3.05, 3.63) is 54.0 Å². The van der Waals surface area contributed by atoms with Gasteiger partial charge in [0.1, 0.15) is 0 Å². The summed E-state index contributed by atoms with van der Waals surface area (Å²) in [7, 11) is 1.64. The maximum absolute atomic E-state index is 5.36. The molecular formula is C17H17N3O. The zero-order valence-corrected chi connectivity index (χ0v) is 12.3. The molecule has 1 N–H and O–H groups in total. The largest absolute Gasteiger partial charge is 0.481 e. The predicted octanol–water partition coefficient (Wildman–Crippen LogP) is 3.76. The first-order valence-corrected chi connectivity index (χ1v) is 6.80. The number of nitrogens with zero attached hydrogens (tertiary/aromatic N) is 2. The summed E-state index contributed by atoms with van der Waals surface area (Å²) in [5.41, 5.74) is 6.59. The average molecular weight is 279 g/mol. The molecule has 2 heterocycles. The first kappa shape index (κ1) is 13.4. The molecule has 0 bridgehead atoms. The molecule has 3 rings (SSSR count). The fourth-order valence-corrected chi connectivity index (χ4v) is 2.59. The number of H-pyrrole nitrogens is 1. The molecule has 0 spiro atoms. The molecule has 1 aromatic carbocycles. The highest BCUT2D eigenvalue weighted by atomic mass is 16.5. The Labute approximate surface area is 123 Å². The van der Waals surface area contributed by atoms with E-state index in [-0.39, 0.29) is 0 Å². The molecule has 21 heavy (non-hydrogen) atoms. The van der Waals surface area contributed by atoms with Crippen LogP contribution in [-0.4, -0.2) is 22.3 Å². The summed E-state index contributed by atoms with van der Waals surface area (Å²) in [4.78, 5) is 4.42. The van der Waals surface area contributed by atoms with Crippen molar-refractivity contribution >= 4 is 0 Å². The zero-order chi connectivity index (χ0) is 14.8. The van der Waals surface area contributed by atoms with E-state index in [9.17, 15) is 0 Å². The molecule has 0 fully saturated rings. The Morgan fingerprint density at radius 2 is 1.95 bits per heavy atom. The van der Waals surface area contributed by atoms with E-state index in [2.05, 4.69) is 46.4 Å². The molecule has 0 aliphatic heterocycles. The minimum Gasteiger partial charge on any atom is -0.481 e. The van der Waals surface area contributed by atoms with Crippen LogP contribution < -0.4 is 4.74 Å². The molecular weight excluding hydrogens is 262 g/mol. The molecule has 0 aliphatic rings. The van der Waals surface area contributed by atoms with E-state index >= 15 is 0 Å². The third kappa shape index (κ3) is 2.40. The maximum atomic E-state index is 5.36. The highest BCUT2D eigenvalue weighted by molar-refractivity contribution is 5.85. The second-order valence-electron chi connectivity index (χ2n) is 5.04. The Morgan fingerprint density at radius 1 is 1.10 bits per heavy atom. The van der Waals surface area contributed by atoms with E-state index < -0.39 is 0 Å². The van der Waals surface area contributed by atoms with Gasteiger partial charge >= 0.3 is 0 Å². The van der Waals surface area contributed by atoms with Gasteiger partial charge in [-0.1, -0.05) is 29.8 Å². The summed E-state index contributed by atoms with van der Waals surface area (Å²) in [6, 6.07) is 8.40. The number of hydrogen-bond acceptors (Lipinski definition) is 3. The molecule has 0 atom stereocenters. The van der Waals surface area contributed by atoms with Crippen LogP contribution in [-0.2, 0) is 0 Å². The number of methoxy groups -OCH3 is 1. The predicted molar refractivity (Wildman–Crippen MR) is 83.3 cm³/mol. The van der Waals surface area contributed by atoms with Crippen molar-refractivity contribution in [2.75, 3.05) is 7.11 Å². The van der Waals surface area contributed by atoms with E-state index in [4.69, 9.17) is 4.74 Å². The first-order valence-electron chi connectivity index (χ1n) is 6.80. The minimum atomic E-state index is 0.641. The third-order valence-corrected chi connectivity index (χ3v) is 3.59. The summed E-state index contributed by atoms with van der Waals surface area (Å²) >= 11 is 0. The van der Waals surface area contributed by atoms with Crippen molar-refractivity contribution in [1.29, 1.82) is 0 Å². The van der Waals surface area contributed by atoms with E-state index in [1.54, 1.807) is 7.11 Å². The van der Waals surface area contributed by atoms with Gasteiger partial charge in [-0.25, -0.2) is 4.98 Å². The van der Waals surface area contributed by atoms with Gasteiger partial charge in [-0.3, -0.25) is 5.10 Å². The lowest BCUT2D eigenvalue weighted by Gasteiger charge is -2.14. The van der Waals surface area contributed by atoms with Crippen molar-refractivity contribution in [3.8, 4) is 28.1 Å². The van der Waals surface area contributed by atoms with Gasteiger partial charge in [-0.15, -0.1) is 0 Å². The Morgan fingerprint density at radius 3 is 2.62 bits per heavy atom. The highest BCUT2D eigenvalue weighted by Gasteiger charge is 2.16. The van der Waals surface area contributed by atoms with Gasteiger partial charge in [0, 0.05) is 34.6 Å². The number of nitrogens with one attached hydrogen (secondary N) is 1. The molecule has 0 saturated carbocycles. The standard InChI is InChI=1S/C17H17N3O/c1-11-5-4-6-13(7-11)15-10-18-17(21-3)12(2)16(15)14-8-19-20-9-14/h4-10H,1-3H3,(H,19,20). The van der Waals surface area contributed by atoms with Crippen molar-refractivity contribution in [3.63, 3.8) is 0 Å². The lowest BCUT2D eigenvalue weighted by atomic mass is 9.94. The minimum absolute atomic E-state index is 0.641. The van der Waals surface area contributed by atoms with Gasteiger partial charge in [-0.05, 0) is 19.4 Å². The van der Waals surface area contributed by atoms with Gasteiger partial charge in [0.2, 0.25) is 5.88 Å². The molecule has 4 heteroatoms. The fraction of sp³-hybridized carbons (Fsp3) is 0.176. The van der Waals surface area contributed by atoms with Crippen LogP contribution in [0.5, 0.6) is 5.88 Å². The monoisotopic (exact) mass is 279 g/mol. The van der Waals surface area contributed by atoms with Gasteiger partial charge in [0.25, 0.3) is 0 Å². The van der Waals surface area contributed by atoms with Crippen LogP contribution >= 0.6 is 0 Å². The molecule has 0 aliphatic carbocycles. The lowest BCUT2D eigenvalue weighted by molar-refractivity contribution is 0.395. The van der Waals surface area contributed by atoms with E-state index in [0.29, 0.717) is 5.88 Å². The summed E-state index contributed by atoms with van der Waals surface area (Å²) < 4.78 is 5.36. The summed E-state index contributed by atoms with van der Waals surface area (Å²) in [6.45, 7) is 4.11. The number of aromatic amines is 1. The normalized spacial score (nSPS) is 10.6. The molecule has 106 valence electrons. The second kappa shape index (κ2) is 5.40. The molecule has 0 saturated heterocycles. The summed E-state index contributed by atoms with van der Waals surface area (Å²) in [5.74, 6) is 0.641. The number of aromatic nitrogens is 3. The number of rotatable bonds is 3. The van der Waals surface area contributed by atoms with Crippen LogP contribution in [0.3, 0.4) is 0 Å². The SMILES string of the molecule is COc1ncc(-c2cccc(C)c2)c(-c2cn[nH]c2)c1C. The van der Waals surface area contributed by atoms with Crippen LogP contribution in [0, 0.1) is 13.8 Å². The topological polar surface area (TPSA) is 50.8 Å². The molecule has 0 amide bonds. The van der Waals surface area contributed by atoms with Crippen LogP contribution in [0.4, 0.5) is 0 Å². The molecule has 0 unspecified atom stereocenters. The van der Waals surface area contributed by atoms with Crippen LogP contribution in [0.2, 0.25) is 0 Å². The van der Waals surface area contributed by atoms with Crippen molar-refractivity contribution < 1.29 is 4.74 Å². The van der Waals surface area contributed by atoms with Crippen molar-refractivity contribution in [1.82, 2.24) is 15.2 Å². The Bertz CT molecular complexity index is 764. The first-order chi connectivity index (χ1) is 10.2. The van der Waals surface area contributed by atoms with E-state index in [0.717, 1.165) is 27.8 Å². The lowest BCUT2D eigenvalue weighted by Crippen LogP contribution is -1.96. The van der Waals surface area contributed by atoms with Crippen LogP contribution in [0.1, 0.15) is 11.1 Å². The number of hydrogen-bond donors (Lipinski definition) is 1. The number of pyridine rings is 1. The number of benzene rings is 1. The van der Waals surface area contributed by atoms with E-state index in [1.807, 2.05) is 25.5 Å². The Kier molecular flexibility index (Phi) is 3.44.